The maximum Gasteiger partial charge on any atom is 0.355 e. The Hall–Kier alpha value is -1.76. The van der Waals surface area contributed by atoms with Crippen molar-refractivity contribution in [2.24, 2.45) is 0 Å². The topological polar surface area (TPSA) is 85.5 Å². The molecular weight excluding hydrogens is 294 g/mol. The van der Waals surface area contributed by atoms with Crippen molar-refractivity contribution < 1.29 is 23.9 Å². The summed E-state index contributed by atoms with van der Waals surface area (Å²) in [5.74, 6) is -0.709. The van der Waals surface area contributed by atoms with Gasteiger partial charge in [-0.1, -0.05) is 0 Å². The molecule has 0 atom stereocenters. The Labute approximate surface area is 127 Å². The molecule has 1 aromatic rings. The number of rotatable bonds is 7. The van der Waals surface area contributed by atoms with Gasteiger partial charge in [0.25, 0.3) is 0 Å². The third-order valence-corrected chi connectivity index (χ3v) is 3.78. The summed E-state index contributed by atoms with van der Waals surface area (Å²) < 4.78 is 9.45. The predicted molar refractivity (Wildman–Crippen MR) is 79.9 cm³/mol. The number of Topliss-reactive ketones (excluding diaryl/α,β-unsaturated/α-hetero) is 1. The minimum atomic E-state index is -0.473. The predicted octanol–water partition coefficient (Wildman–Crippen LogP) is 1.90. The van der Waals surface area contributed by atoms with Gasteiger partial charge in [0, 0.05) is 11.3 Å². The first-order valence-electron chi connectivity index (χ1n) is 6.46. The van der Waals surface area contributed by atoms with Crippen LogP contribution in [-0.4, -0.2) is 47.9 Å². The average Bonchev–Trinajstić information content (AvgIpc) is 2.74. The van der Waals surface area contributed by atoms with Crippen molar-refractivity contribution >= 4 is 29.5 Å². The lowest BCUT2D eigenvalue weighted by Crippen LogP contribution is -2.10. The lowest BCUT2D eigenvalue weighted by molar-refractivity contribution is -0.137. The number of aryl methyl sites for hydroxylation is 1. The summed E-state index contributed by atoms with van der Waals surface area (Å²) in [7, 11) is 1.30. The van der Waals surface area contributed by atoms with Crippen molar-refractivity contribution in [3.63, 3.8) is 0 Å². The molecule has 0 aromatic carbocycles. The number of thioether (sulfide) groups is 1. The number of esters is 2. The molecule has 0 fully saturated rings. The fourth-order valence-electron chi connectivity index (χ4n) is 1.93. The van der Waals surface area contributed by atoms with E-state index in [4.69, 9.17) is 4.74 Å². The van der Waals surface area contributed by atoms with E-state index >= 15 is 0 Å². The van der Waals surface area contributed by atoms with E-state index in [1.54, 1.807) is 20.8 Å². The van der Waals surface area contributed by atoms with E-state index < -0.39 is 5.97 Å². The number of aromatic amines is 1. The summed E-state index contributed by atoms with van der Waals surface area (Å²) >= 11 is 1.18. The Morgan fingerprint density at radius 1 is 1.19 bits per heavy atom. The highest BCUT2D eigenvalue weighted by molar-refractivity contribution is 8.00. The number of carbonyl (C=O) groups excluding carboxylic acids is 3. The highest BCUT2D eigenvalue weighted by Gasteiger charge is 2.22. The van der Waals surface area contributed by atoms with Crippen LogP contribution in [0, 0.1) is 13.8 Å². The molecule has 0 aliphatic rings. The zero-order valence-corrected chi connectivity index (χ0v) is 13.4. The monoisotopic (exact) mass is 313 g/mol. The van der Waals surface area contributed by atoms with Crippen molar-refractivity contribution in [1.82, 2.24) is 4.98 Å². The van der Waals surface area contributed by atoms with Crippen molar-refractivity contribution in [2.45, 2.75) is 20.8 Å². The van der Waals surface area contributed by atoms with Crippen LogP contribution in [-0.2, 0) is 14.3 Å². The van der Waals surface area contributed by atoms with Gasteiger partial charge in [-0.15, -0.1) is 11.8 Å². The molecule has 1 aromatic heterocycles. The number of nitrogens with one attached hydrogen (secondary N) is 1. The molecule has 0 amide bonds. The fraction of sp³-hybridized carbons (Fsp3) is 0.500. The van der Waals surface area contributed by atoms with Gasteiger partial charge in [-0.25, -0.2) is 4.79 Å². The van der Waals surface area contributed by atoms with E-state index in [2.05, 4.69) is 9.72 Å². The standard InChI is InChI=1S/C14H19NO5S/c1-5-20-14(18)13-8(2)12(9(3)15-13)10(16)6-21-7-11(17)19-4/h15H,5-7H2,1-4H3. The lowest BCUT2D eigenvalue weighted by atomic mass is 10.1. The number of ketones is 1. The Morgan fingerprint density at radius 3 is 2.43 bits per heavy atom. The zero-order valence-electron chi connectivity index (χ0n) is 12.6. The minimum absolute atomic E-state index is 0.121. The molecule has 0 saturated carbocycles. The SMILES string of the molecule is CCOC(=O)c1[nH]c(C)c(C(=O)CSCC(=O)OC)c1C. The maximum atomic E-state index is 12.2. The largest absolute Gasteiger partial charge is 0.468 e. The second-order valence-electron chi connectivity index (χ2n) is 4.34. The number of ether oxygens (including phenoxy) is 2. The van der Waals surface area contributed by atoms with Crippen LogP contribution in [0.5, 0.6) is 0 Å². The second-order valence-corrected chi connectivity index (χ2v) is 5.32. The van der Waals surface area contributed by atoms with Crippen molar-refractivity contribution in [1.29, 1.82) is 0 Å². The Bertz CT molecular complexity index is 550. The molecule has 1 rings (SSSR count). The maximum absolute atomic E-state index is 12.2. The molecule has 0 radical (unpaired) electrons. The van der Waals surface area contributed by atoms with E-state index in [0.717, 1.165) is 0 Å². The Morgan fingerprint density at radius 2 is 1.86 bits per heavy atom. The van der Waals surface area contributed by atoms with E-state index in [1.165, 1.54) is 18.9 Å². The van der Waals surface area contributed by atoms with Gasteiger partial charge < -0.3 is 14.5 Å². The second kappa shape index (κ2) is 7.87. The summed E-state index contributed by atoms with van der Waals surface area (Å²) in [6.45, 7) is 5.43. The summed E-state index contributed by atoms with van der Waals surface area (Å²) in [6.07, 6.45) is 0. The highest BCUT2D eigenvalue weighted by Crippen LogP contribution is 2.21. The first-order chi connectivity index (χ1) is 9.92. The number of H-pyrrole nitrogens is 1. The van der Waals surface area contributed by atoms with Crippen LogP contribution < -0.4 is 0 Å². The van der Waals surface area contributed by atoms with Crippen molar-refractivity contribution in [2.75, 3.05) is 25.2 Å². The molecular formula is C14H19NO5S. The molecule has 1 N–H and O–H groups in total. The van der Waals surface area contributed by atoms with Gasteiger partial charge in [-0.05, 0) is 26.3 Å². The Kier molecular flexibility index (Phi) is 6.48. The molecule has 1 heterocycles. The average molecular weight is 313 g/mol. The van der Waals surface area contributed by atoms with Crippen molar-refractivity contribution in [3.8, 4) is 0 Å². The molecule has 116 valence electrons. The van der Waals surface area contributed by atoms with Gasteiger partial charge in [-0.2, -0.15) is 0 Å². The first-order valence-corrected chi connectivity index (χ1v) is 7.61. The van der Waals surface area contributed by atoms with Crippen LogP contribution in [0.1, 0.15) is 39.0 Å². The molecule has 0 aliphatic carbocycles. The van der Waals surface area contributed by atoms with Crippen LogP contribution in [0.25, 0.3) is 0 Å². The van der Waals surface area contributed by atoms with E-state index in [-0.39, 0.29) is 29.9 Å². The van der Waals surface area contributed by atoms with Gasteiger partial charge in [0.05, 0.1) is 25.2 Å². The van der Waals surface area contributed by atoms with E-state index in [0.29, 0.717) is 22.5 Å². The fourth-order valence-corrected chi connectivity index (χ4v) is 2.65. The summed E-state index contributed by atoms with van der Waals surface area (Å²) in [5.41, 5.74) is 1.99. The molecule has 0 spiro atoms. The van der Waals surface area contributed by atoms with Crippen LogP contribution in [0.4, 0.5) is 0 Å². The van der Waals surface area contributed by atoms with Gasteiger partial charge in [0.1, 0.15) is 5.69 Å². The number of aromatic nitrogens is 1. The molecule has 0 unspecified atom stereocenters. The quantitative estimate of drug-likeness (QED) is 0.611. The highest BCUT2D eigenvalue weighted by atomic mass is 32.2. The number of hydrogen-bond acceptors (Lipinski definition) is 6. The Balaban J connectivity index is 2.81. The van der Waals surface area contributed by atoms with Gasteiger partial charge in [0.2, 0.25) is 0 Å². The van der Waals surface area contributed by atoms with Crippen LogP contribution in [0.2, 0.25) is 0 Å². The van der Waals surface area contributed by atoms with Crippen LogP contribution >= 0.6 is 11.8 Å². The van der Waals surface area contributed by atoms with Gasteiger partial charge in [-0.3, -0.25) is 9.59 Å². The summed E-state index contributed by atoms with van der Waals surface area (Å²) in [5, 5.41) is 0. The smallest absolute Gasteiger partial charge is 0.355 e. The molecule has 21 heavy (non-hydrogen) atoms. The van der Waals surface area contributed by atoms with Gasteiger partial charge in [0.15, 0.2) is 5.78 Å². The third kappa shape index (κ3) is 4.35. The molecule has 6 nitrogen and oxygen atoms in total. The number of carbonyl (C=O) groups is 3. The van der Waals surface area contributed by atoms with E-state index in [1.807, 2.05) is 0 Å². The molecule has 0 aliphatic heterocycles. The van der Waals surface area contributed by atoms with Crippen LogP contribution in [0.15, 0.2) is 0 Å². The van der Waals surface area contributed by atoms with Gasteiger partial charge >= 0.3 is 11.9 Å². The normalized spacial score (nSPS) is 10.3. The van der Waals surface area contributed by atoms with Crippen molar-refractivity contribution in [3.05, 3.63) is 22.5 Å². The van der Waals surface area contributed by atoms with Crippen LogP contribution in [0.3, 0.4) is 0 Å². The summed E-state index contributed by atoms with van der Waals surface area (Å²) in [6, 6.07) is 0. The minimum Gasteiger partial charge on any atom is -0.468 e. The zero-order chi connectivity index (χ0) is 16.0. The summed E-state index contributed by atoms with van der Waals surface area (Å²) in [4.78, 5) is 37.9. The number of hydrogen-bond donors (Lipinski definition) is 1. The first kappa shape index (κ1) is 17.3. The molecule has 0 saturated heterocycles. The molecule has 7 heteroatoms. The molecule has 0 bridgehead atoms. The third-order valence-electron chi connectivity index (χ3n) is 2.88. The number of methoxy groups -OCH3 is 1. The van der Waals surface area contributed by atoms with E-state index in [9.17, 15) is 14.4 Å². The lowest BCUT2D eigenvalue weighted by Gasteiger charge is -2.03.